The van der Waals surface area contributed by atoms with Gasteiger partial charge in [-0.2, -0.15) is 0 Å². The van der Waals surface area contributed by atoms with E-state index in [9.17, 15) is 14.7 Å². The Morgan fingerprint density at radius 2 is 2.29 bits per heavy atom. The number of piperidine rings is 1. The van der Waals surface area contributed by atoms with Gasteiger partial charge in [-0.05, 0) is 37.5 Å². The summed E-state index contributed by atoms with van der Waals surface area (Å²) in [6, 6.07) is 5.45. The summed E-state index contributed by atoms with van der Waals surface area (Å²) in [6.45, 7) is 3.61. The number of benzene rings is 1. The molecule has 2 atom stereocenters. The molecule has 9 heteroatoms. The minimum atomic E-state index is -0.519. The molecule has 0 aliphatic carbocycles. The zero-order valence-corrected chi connectivity index (χ0v) is 16.6. The highest BCUT2D eigenvalue weighted by Gasteiger charge is 2.46. The van der Waals surface area contributed by atoms with E-state index in [0.29, 0.717) is 36.9 Å². The number of ether oxygens (including phenoxy) is 1. The lowest BCUT2D eigenvalue weighted by Gasteiger charge is -2.42. The van der Waals surface area contributed by atoms with Gasteiger partial charge in [0.2, 0.25) is 11.8 Å². The highest BCUT2D eigenvalue weighted by Crippen LogP contribution is 2.35. The second-order valence-corrected chi connectivity index (χ2v) is 8.49. The molecule has 0 radical (unpaired) electrons. The first kappa shape index (κ1) is 19.3. The van der Waals surface area contributed by atoms with Gasteiger partial charge in [0, 0.05) is 32.3 Å². The largest absolute Gasteiger partial charge is 0.390 e. The number of thiazole rings is 1. The molecule has 0 bridgehead atoms. The van der Waals surface area contributed by atoms with Gasteiger partial charge in [-0.3, -0.25) is 14.5 Å². The Balaban J connectivity index is 1.39. The molecule has 0 unspecified atom stereocenters. The van der Waals surface area contributed by atoms with Crippen molar-refractivity contribution in [3.63, 3.8) is 0 Å². The fourth-order valence-corrected chi connectivity index (χ4v) is 4.91. The van der Waals surface area contributed by atoms with Gasteiger partial charge in [-0.15, -0.1) is 0 Å². The van der Waals surface area contributed by atoms with E-state index in [1.165, 1.54) is 18.3 Å². The Morgan fingerprint density at radius 3 is 3.04 bits per heavy atom. The minimum Gasteiger partial charge on any atom is -0.390 e. The molecule has 0 saturated carbocycles. The van der Waals surface area contributed by atoms with Crippen molar-refractivity contribution in [1.29, 1.82) is 0 Å². The molecular weight excluding hydrogens is 380 g/mol. The second kappa shape index (κ2) is 7.75. The first-order valence-corrected chi connectivity index (χ1v) is 10.3. The van der Waals surface area contributed by atoms with Crippen LogP contribution in [-0.2, 0) is 14.3 Å². The van der Waals surface area contributed by atoms with Crippen molar-refractivity contribution in [3.8, 4) is 0 Å². The van der Waals surface area contributed by atoms with E-state index in [2.05, 4.69) is 15.6 Å². The number of amides is 2. The lowest BCUT2D eigenvalue weighted by atomic mass is 9.87. The summed E-state index contributed by atoms with van der Waals surface area (Å²) < 4.78 is 6.73. The summed E-state index contributed by atoms with van der Waals surface area (Å²) in [7, 11) is 0. The summed E-state index contributed by atoms with van der Waals surface area (Å²) >= 11 is 1.37. The van der Waals surface area contributed by atoms with Gasteiger partial charge in [0.05, 0.1) is 22.9 Å². The molecule has 4 rings (SSSR count). The summed E-state index contributed by atoms with van der Waals surface area (Å²) in [5, 5.41) is 16.5. The van der Waals surface area contributed by atoms with Crippen LogP contribution < -0.4 is 10.6 Å². The molecule has 1 aromatic carbocycles. The molecule has 150 valence electrons. The first-order valence-electron chi connectivity index (χ1n) is 9.46. The summed E-state index contributed by atoms with van der Waals surface area (Å²) in [4.78, 5) is 30.2. The number of aliphatic hydroxyl groups is 1. The number of carbonyl (C=O) groups excluding carboxylic acids is 2. The number of hydrogen-bond acceptors (Lipinski definition) is 7. The lowest BCUT2D eigenvalue weighted by molar-refractivity contribution is -0.137. The number of nitrogens with one attached hydrogen (secondary N) is 2. The molecule has 2 aliphatic rings. The van der Waals surface area contributed by atoms with Crippen molar-refractivity contribution in [2.45, 2.75) is 37.9 Å². The van der Waals surface area contributed by atoms with Crippen molar-refractivity contribution < 1.29 is 19.4 Å². The SMILES string of the molecule is CC(=O)Nc1ccc2nc(NC(=O)CN3CC[C@H](O)[C@]4(CCCO4)C3)sc2c1. The molecule has 1 spiro atoms. The normalized spacial score (nSPS) is 25.3. The number of carbonyl (C=O) groups is 2. The fraction of sp³-hybridized carbons (Fsp3) is 0.526. The van der Waals surface area contributed by atoms with Crippen LogP contribution in [0.5, 0.6) is 0 Å². The van der Waals surface area contributed by atoms with Crippen molar-refractivity contribution in [2.24, 2.45) is 0 Å². The Kier molecular flexibility index (Phi) is 5.33. The number of nitrogens with zero attached hydrogens (tertiary/aromatic N) is 2. The van der Waals surface area contributed by atoms with Gasteiger partial charge in [0.1, 0.15) is 5.60 Å². The summed E-state index contributed by atoms with van der Waals surface area (Å²) in [5.74, 6) is -0.265. The number of aliphatic hydroxyl groups excluding tert-OH is 1. The number of aromatic nitrogens is 1. The predicted molar refractivity (Wildman–Crippen MR) is 108 cm³/mol. The summed E-state index contributed by atoms with van der Waals surface area (Å²) in [5.41, 5.74) is 0.957. The lowest BCUT2D eigenvalue weighted by Crippen LogP contribution is -2.57. The summed E-state index contributed by atoms with van der Waals surface area (Å²) in [6.07, 6.45) is 1.93. The molecule has 2 fully saturated rings. The maximum atomic E-state index is 12.5. The highest BCUT2D eigenvalue weighted by atomic mass is 32.1. The van der Waals surface area contributed by atoms with E-state index in [4.69, 9.17) is 4.74 Å². The predicted octanol–water partition coefficient (Wildman–Crippen LogP) is 1.81. The van der Waals surface area contributed by atoms with Crippen LogP contribution in [0.25, 0.3) is 10.2 Å². The minimum absolute atomic E-state index is 0.131. The van der Waals surface area contributed by atoms with Gasteiger partial charge in [0.25, 0.3) is 0 Å². The van der Waals surface area contributed by atoms with Crippen LogP contribution in [0, 0.1) is 0 Å². The molecule has 2 aromatic rings. The quantitative estimate of drug-likeness (QED) is 0.718. The van der Waals surface area contributed by atoms with Gasteiger partial charge in [-0.1, -0.05) is 11.3 Å². The van der Waals surface area contributed by atoms with Crippen LogP contribution in [0.2, 0.25) is 0 Å². The Labute approximate surface area is 166 Å². The van der Waals surface area contributed by atoms with Gasteiger partial charge in [0.15, 0.2) is 5.13 Å². The zero-order chi connectivity index (χ0) is 19.7. The van der Waals surface area contributed by atoms with E-state index in [0.717, 1.165) is 23.1 Å². The highest BCUT2D eigenvalue weighted by molar-refractivity contribution is 7.22. The van der Waals surface area contributed by atoms with Crippen molar-refractivity contribution >= 4 is 44.2 Å². The van der Waals surface area contributed by atoms with Crippen molar-refractivity contribution in [3.05, 3.63) is 18.2 Å². The average Bonchev–Trinajstić information content (AvgIpc) is 3.24. The van der Waals surface area contributed by atoms with E-state index >= 15 is 0 Å². The van der Waals surface area contributed by atoms with Crippen molar-refractivity contribution in [2.75, 3.05) is 36.9 Å². The van der Waals surface area contributed by atoms with Crippen LogP contribution in [-0.4, -0.2) is 64.8 Å². The monoisotopic (exact) mass is 404 g/mol. The molecule has 8 nitrogen and oxygen atoms in total. The Hall–Kier alpha value is -2.07. The third-order valence-corrected chi connectivity index (χ3v) is 6.21. The van der Waals surface area contributed by atoms with E-state index in [1.807, 2.05) is 17.0 Å². The maximum absolute atomic E-state index is 12.5. The van der Waals surface area contributed by atoms with E-state index in [1.54, 1.807) is 6.07 Å². The zero-order valence-electron chi connectivity index (χ0n) is 15.7. The molecule has 3 N–H and O–H groups in total. The standard InChI is InChI=1S/C19H24N4O4S/c1-12(24)20-13-3-4-14-15(9-13)28-18(21-14)22-17(26)10-23-7-5-16(25)19(11-23)6-2-8-27-19/h3-4,9,16,25H,2,5-8,10-11H2,1H3,(H,20,24)(H,21,22,26)/t16-,19-/m0/s1. The molecule has 3 heterocycles. The van der Waals surface area contributed by atoms with Crippen LogP contribution >= 0.6 is 11.3 Å². The number of rotatable bonds is 4. The number of likely N-dealkylation sites (tertiary alicyclic amines) is 1. The van der Waals surface area contributed by atoms with Crippen LogP contribution in [0.1, 0.15) is 26.2 Å². The van der Waals surface area contributed by atoms with Crippen LogP contribution in [0.4, 0.5) is 10.8 Å². The molecule has 2 amide bonds. The van der Waals surface area contributed by atoms with Crippen molar-refractivity contribution in [1.82, 2.24) is 9.88 Å². The fourth-order valence-electron chi connectivity index (χ4n) is 3.99. The number of fused-ring (bicyclic) bond motifs is 1. The van der Waals surface area contributed by atoms with Crippen LogP contribution in [0.15, 0.2) is 18.2 Å². The molecule has 2 saturated heterocycles. The molecular formula is C19H24N4O4S. The van der Waals surface area contributed by atoms with E-state index < -0.39 is 11.7 Å². The second-order valence-electron chi connectivity index (χ2n) is 7.46. The first-order chi connectivity index (χ1) is 13.4. The van der Waals surface area contributed by atoms with Gasteiger partial charge < -0.3 is 20.5 Å². The third kappa shape index (κ3) is 4.02. The Bertz CT molecular complexity index is 893. The van der Waals surface area contributed by atoms with Gasteiger partial charge >= 0.3 is 0 Å². The van der Waals surface area contributed by atoms with Crippen LogP contribution in [0.3, 0.4) is 0 Å². The third-order valence-electron chi connectivity index (χ3n) is 5.27. The number of anilines is 2. The maximum Gasteiger partial charge on any atom is 0.240 e. The molecule has 28 heavy (non-hydrogen) atoms. The Morgan fingerprint density at radius 1 is 1.43 bits per heavy atom. The van der Waals surface area contributed by atoms with Gasteiger partial charge in [-0.25, -0.2) is 4.98 Å². The number of hydrogen-bond donors (Lipinski definition) is 3. The smallest absolute Gasteiger partial charge is 0.240 e. The molecule has 1 aromatic heterocycles. The van der Waals surface area contributed by atoms with E-state index in [-0.39, 0.29) is 18.4 Å². The topological polar surface area (TPSA) is 104 Å². The molecule has 2 aliphatic heterocycles. The average molecular weight is 404 g/mol.